The molecule has 0 bridgehead atoms. The molecule has 0 spiro atoms. The minimum absolute atomic E-state index is 0.299. The minimum atomic E-state index is -1.23. The first-order chi connectivity index (χ1) is 12.1. The zero-order valence-corrected chi connectivity index (χ0v) is 15.5. The highest BCUT2D eigenvalue weighted by molar-refractivity contribution is 6.33. The molecule has 2 aromatic carbocycles. The van der Waals surface area contributed by atoms with E-state index in [1.54, 1.807) is 0 Å². The SMILES string of the molecule is Cc1cc(C)c(NC(=O)[C@@H](C)OC(=O)c2cc(F)c(F)cc2Cl)c(C)c1. The maximum Gasteiger partial charge on any atom is 0.340 e. The fourth-order valence-electron chi connectivity index (χ4n) is 2.56. The summed E-state index contributed by atoms with van der Waals surface area (Å²) in [5.41, 5.74) is 3.09. The molecule has 0 fully saturated rings. The van der Waals surface area contributed by atoms with E-state index in [-0.39, 0.29) is 10.6 Å². The van der Waals surface area contributed by atoms with Gasteiger partial charge in [-0.2, -0.15) is 0 Å². The molecule has 1 N–H and O–H groups in total. The van der Waals surface area contributed by atoms with Gasteiger partial charge < -0.3 is 10.1 Å². The van der Waals surface area contributed by atoms with Crippen molar-refractivity contribution >= 4 is 29.2 Å². The van der Waals surface area contributed by atoms with Crippen molar-refractivity contribution in [1.29, 1.82) is 0 Å². The highest BCUT2D eigenvalue weighted by Crippen LogP contribution is 2.23. The van der Waals surface area contributed by atoms with Crippen LogP contribution >= 0.6 is 11.6 Å². The van der Waals surface area contributed by atoms with E-state index in [2.05, 4.69) is 5.32 Å². The van der Waals surface area contributed by atoms with Gasteiger partial charge in [-0.15, -0.1) is 0 Å². The summed E-state index contributed by atoms with van der Waals surface area (Å²) in [6.45, 7) is 7.03. The molecule has 4 nitrogen and oxygen atoms in total. The number of hydrogen-bond donors (Lipinski definition) is 1. The highest BCUT2D eigenvalue weighted by Gasteiger charge is 2.23. The molecular formula is C19H18ClF2NO3. The van der Waals surface area contributed by atoms with E-state index in [4.69, 9.17) is 16.3 Å². The second-order valence-corrected chi connectivity index (χ2v) is 6.46. The van der Waals surface area contributed by atoms with Crippen LogP contribution in [0.2, 0.25) is 5.02 Å². The van der Waals surface area contributed by atoms with Gasteiger partial charge in [0.2, 0.25) is 0 Å². The van der Waals surface area contributed by atoms with Crippen molar-refractivity contribution in [2.45, 2.75) is 33.8 Å². The van der Waals surface area contributed by atoms with Crippen molar-refractivity contribution in [3.63, 3.8) is 0 Å². The molecule has 26 heavy (non-hydrogen) atoms. The van der Waals surface area contributed by atoms with Crippen LogP contribution in [0.1, 0.15) is 34.0 Å². The summed E-state index contributed by atoms with van der Waals surface area (Å²) in [5, 5.41) is 2.41. The molecule has 0 radical (unpaired) electrons. The lowest BCUT2D eigenvalue weighted by Gasteiger charge is -2.17. The Labute approximate surface area is 155 Å². The second-order valence-electron chi connectivity index (χ2n) is 6.06. The molecule has 0 aliphatic carbocycles. The molecule has 7 heteroatoms. The van der Waals surface area contributed by atoms with E-state index in [0.29, 0.717) is 17.8 Å². The maximum absolute atomic E-state index is 13.3. The minimum Gasteiger partial charge on any atom is -0.449 e. The zero-order chi connectivity index (χ0) is 19.6. The average Bonchev–Trinajstić information content (AvgIpc) is 2.53. The van der Waals surface area contributed by atoms with Gasteiger partial charge in [-0.25, -0.2) is 13.6 Å². The Balaban J connectivity index is 2.12. The quantitative estimate of drug-likeness (QED) is 0.615. The predicted octanol–water partition coefficient (Wildman–Crippen LogP) is 4.73. The van der Waals surface area contributed by atoms with Crippen LogP contribution in [0.25, 0.3) is 0 Å². The van der Waals surface area contributed by atoms with E-state index < -0.39 is 29.6 Å². The Bertz CT molecular complexity index is 860. The standard InChI is InChI=1S/C19H18ClF2NO3/c1-9-5-10(2)17(11(3)6-9)23-18(24)12(4)26-19(25)13-7-15(21)16(22)8-14(13)20/h5-8,12H,1-4H3,(H,23,24)/t12-/m1/s1. The number of anilines is 1. The fraction of sp³-hybridized carbons (Fsp3) is 0.263. The van der Waals surface area contributed by atoms with Crippen molar-refractivity contribution in [3.8, 4) is 0 Å². The second kappa shape index (κ2) is 7.83. The van der Waals surface area contributed by atoms with Gasteiger partial charge in [-0.3, -0.25) is 4.79 Å². The van der Waals surface area contributed by atoms with Crippen molar-refractivity contribution in [3.05, 3.63) is 63.2 Å². The predicted molar refractivity (Wildman–Crippen MR) is 95.5 cm³/mol. The number of ether oxygens (including phenoxy) is 1. The third-order valence-electron chi connectivity index (χ3n) is 3.81. The van der Waals surface area contributed by atoms with Crippen LogP contribution in [0, 0.1) is 32.4 Å². The Morgan fingerprint density at radius 2 is 1.58 bits per heavy atom. The van der Waals surface area contributed by atoms with Crippen molar-refractivity contribution < 1.29 is 23.1 Å². The summed E-state index contributed by atoms with van der Waals surface area (Å²) in [6.07, 6.45) is -1.16. The van der Waals surface area contributed by atoms with E-state index in [1.807, 2.05) is 32.9 Å². The summed E-state index contributed by atoms with van der Waals surface area (Å²) in [7, 11) is 0. The molecule has 2 rings (SSSR count). The average molecular weight is 382 g/mol. The smallest absolute Gasteiger partial charge is 0.340 e. The normalized spacial score (nSPS) is 11.8. The van der Waals surface area contributed by atoms with Crippen LogP contribution in [0.3, 0.4) is 0 Å². The van der Waals surface area contributed by atoms with Gasteiger partial charge in [-0.1, -0.05) is 29.3 Å². The Morgan fingerprint density at radius 3 is 2.15 bits per heavy atom. The monoisotopic (exact) mass is 381 g/mol. The van der Waals surface area contributed by atoms with Crippen molar-refractivity contribution in [2.75, 3.05) is 5.32 Å². The lowest BCUT2D eigenvalue weighted by Crippen LogP contribution is -2.30. The molecule has 1 amide bonds. The Hall–Kier alpha value is -2.47. The number of esters is 1. The van der Waals surface area contributed by atoms with Gasteiger partial charge in [-0.05, 0) is 51.0 Å². The molecule has 1 atom stereocenters. The highest BCUT2D eigenvalue weighted by atomic mass is 35.5. The first-order valence-corrected chi connectivity index (χ1v) is 8.22. The number of carbonyl (C=O) groups is 2. The van der Waals surface area contributed by atoms with Gasteiger partial charge >= 0.3 is 5.97 Å². The van der Waals surface area contributed by atoms with Crippen LogP contribution in [0.15, 0.2) is 24.3 Å². The number of carbonyl (C=O) groups excluding carboxylic acids is 2. The van der Waals surface area contributed by atoms with Gasteiger partial charge in [0.25, 0.3) is 5.91 Å². The largest absolute Gasteiger partial charge is 0.449 e. The summed E-state index contributed by atoms with van der Waals surface area (Å²) in [5.74, 6) is -3.98. The Kier molecular flexibility index (Phi) is 5.97. The summed E-state index contributed by atoms with van der Waals surface area (Å²) < 4.78 is 31.4. The molecule has 0 saturated heterocycles. The number of rotatable bonds is 4. The number of aryl methyl sites for hydroxylation is 3. The van der Waals surface area contributed by atoms with E-state index in [1.165, 1.54) is 6.92 Å². The van der Waals surface area contributed by atoms with Gasteiger partial charge in [0, 0.05) is 5.69 Å². The van der Waals surface area contributed by atoms with E-state index >= 15 is 0 Å². The number of benzene rings is 2. The number of hydrogen-bond acceptors (Lipinski definition) is 3. The van der Waals surface area contributed by atoms with Crippen LogP contribution in [0.5, 0.6) is 0 Å². The van der Waals surface area contributed by atoms with E-state index in [0.717, 1.165) is 16.7 Å². The molecule has 0 unspecified atom stereocenters. The molecule has 0 aliphatic rings. The number of halogens is 3. The van der Waals surface area contributed by atoms with Gasteiger partial charge in [0.15, 0.2) is 17.7 Å². The lowest BCUT2D eigenvalue weighted by atomic mass is 10.0. The van der Waals surface area contributed by atoms with E-state index in [9.17, 15) is 18.4 Å². The number of amides is 1. The zero-order valence-electron chi connectivity index (χ0n) is 14.7. The lowest BCUT2D eigenvalue weighted by molar-refractivity contribution is -0.123. The first kappa shape index (κ1) is 19.8. The summed E-state index contributed by atoms with van der Waals surface area (Å²) in [6, 6.07) is 5.15. The van der Waals surface area contributed by atoms with Crippen LogP contribution in [-0.2, 0) is 9.53 Å². The van der Waals surface area contributed by atoms with Crippen LogP contribution in [-0.4, -0.2) is 18.0 Å². The summed E-state index contributed by atoms with van der Waals surface area (Å²) in [4.78, 5) is 24.4. The summed E-state index contributed by atoms with van der Waals surface area (Å²) >= 11 is 5.74. The number of nitrogens with one attached hydrogen (secondary N) is 1. The fourth-order valence-corrected chi connectivity index (χ4v) is 2.79. The third kappa shape index (κ3) is 4.38. The molecule has 0 aromatic heterocycles. The van der Waals surface area contributed by atoms with Gasteiger partial charge in [0.1, 0.15) is 0 Å². The van der Waals surface area contributed by atoms with Crippen LogP contribution < -0.4 is 5.32 Å². The topological polar surface area (TPSA) is 55.4 Å². The Morgan fingerprint density at radius 1 is 1.04 bits per heavy atom. The van der Waals surface area contributed by atoms with Crippen LogP contribution in [0.4, 0.5) is 14.5 Å². The van der Waals surface area contributed by atoms with Crippen molar-refractivity contribution in [2.24, 2.45) is 0 Å². The molecule has 0 saturated carbocycles. The third-order valence-corrected chi connectivity index (χ3v) is 4.12. The van der Waals surface area contributed by atoms with Crippen molar-refractivity contribution in [1.82, 2.24) is 0 Å². The molecule has 138 valence electrons. The molecule has 0 heterocycles. The molecular weight excluding hydrogens is 364 g/mol. The molecule has 2 aromatic rings. The molecule has 0 aliphatic heterocycles. The van der Waals surface area contributed by atoms with Gasteiger partial charge in [0.05, 0.1) is 10.6 Å². The first-order valence-electron chi connectivity index (χ1n) is 7.84. The maximum atomic E-state index is 13.3.